The summed E-state index contributed by atoms with van der Waals surface area (Å²) in [7, 11) is 1.57. The molecule has 0 saturated carbocycles. The number of pyridine rings is 1. The fourth-order valence-electron chi connectivity index (χ4n) is 2.02. The average Bonchev–Trinajstić information content (AvgIpc) is 3.01. The van der Waals surface area contributed by atoms with Crippen molar-refractivity contribution in [3.8, 4) is 11.5 Å². The van der Waals surface area contributed by atoms with Crippen molar-refractivity contribution in [3.05, 3.63) is 47.3 Å². The predicted octanol–water partition coefficient (Wildman–Crippen LogP) is 2.52. The number of carbonyl (C=O) groups excluding carboxylic acids is 1. The smallest absolute Gasteiger partial charge is 0.262 e. The molecule has 1 aromatic carbocycles. The zero-order valence-electron chi connectivity index (χ0n) is 12.2. The first-order valence-corrected chi connectivity index (χ1v) is 7.50. The van der Waals surface area contributed by atoms with Gasteiger partial charge in [0, 0.05) is 16.7 Å². The highest BCUT2D eigenvalue weighted by Crippen LogP contribution is 2.21. The van der Waals surface area contributed by atoms with Gasteiger partial charge in [0.15, 0.2) is 12.3 Å². The molecule has 0 fully saturated rings. The van der Waals surface area contributed by atoms with Crippen molar-refractivity contribution in [1.29, 1.82) is 0 Å². The molecular weight excluding hydrogens is 364 g/mol. The standard InChI is InChI=1S/C15H13BrN4O3/c1-22-11-3-2-4-12(6-11)23-8-14(21)18-13-5-10(16)7-20-9-17-19-15(13)20/h2-7,9H,8H2,1H3,(H,18,21). The number of nitrogens with one attached hydrogen (secondary N) is 1. The van der Waals surface area contributed by atoms with Crippen LogP contribution in [-0.4, -0.2) is 34.2 Å². The van der Waals surface area contributed by atoms with Gasteiger partial charge >= 0.3 is 0 Å². The lowest BCUT2D eigenvalue weighted by molar-refractivity contribution is -0.118. The molecule has 0 spiro atoms. The summed E-state index contributed by atoms with van der Waals surface area (Å²) in [6, 6.07) is 8.82. The molecule has 0 unspecified atom stereocenters. The molecule has 0 saturated heterocycles. The predicted molar refractivity (Wildman–Crippen MR) is 87.8 cm³/mol. The third kappa shape index (κ3) is 3.59. The number of nitrogens with zero attached hydrogens (tertiary/aromatic N) is 3. The lowest BCUT2D eigenvalue weighted by Crippen LogP contribution is -2.20. The molecule has 0 bridgehead atoms. The number of rotatable bonds is 5. The van der Waals surface area contributed by atoms with Gasteiger partial charge < -0.3 is 14.8 Å². The van der Waals surface area contributed by atoms with E-state index in [0.717, 1.165) is 4.47 Å². The first-order chi connectivity index (χ1) is 11.2. The summed E-state index contributed by atoms with van der Waals surface area (Å²) >= 11 is 3.38. The SMILES string of the molecule is COc1cccc(OCC(=O)Nc2cc(Br)cn3cnnc23)c1. The van der Waals surface area contributed by atoms with Gasteiger partial charge in [-0.25, -0.2) is 0 Å². The highest BCUT2D eigenvalue weighted by molar-refractivity contribution is 9.10. The van der Waals surface area contributed by atoms with Crippen LogP contribution in [0.25, 0.3) is 5.65 Å². The summed E-state index contributed by atoms with van der Waals surface area (Å²) in [5.41, 5.74) is 1.11. The first-order valence-electron chi connectivity index (χ1n) is 6.71. The minimum absolute atomic E-state index is 0.125. The summed E-state index contributed by atoms with van der Waals surface area (Å²) < 4.78 is 13.1. The molecule has 0 aliphatic rings. The molecule has 0 aliphatic carbocycles. The average molecular weight is 377 g/mol. The van der Waals surface area contributed by atoms with Crippen LogP contribution in [0.3, 0.4) is 0 Å². The number of hydrogen-bond donors (Lipinski definition) is 1. The summed E-state index contributed by atoms with van der Waals surface area (Å²) in [6.45, 7) is -0.125. The van der Waals surface area contributed by atoms with Crippen LogP contribution in [0.15, 0.2) is 47.3 Å². The maximum Gasteiger partial charge on any atom is 0.262 e. The Morgan fingerprint density at radius 1 is 1.35 bits per heavy atom. The molecule has 8 heteroatoms. The van der Waals surface area contributed by atoms with Crippen LogP contribution >= 0.6 is 15.9 Å². The second-order valence-corrected chi connectivity index (χ2v) is 5.57. The summed E-state index contributed by atoms with van der Waals surface area (Å²) in [4.78, 5) is 12.1. The lowest BCUT2D eigenvalue weighted by Gasteiger charge is -2.09. The van der Waals surface area contributed by atoms with E-state index in [0.29, 0.717) is 22.8 Å². The second-order valence-electron chi connectivity index (χ2n) is 4.65. The second kappa shape index (κ2) is 6.66. The van der Waals surface area contributed by atoms with Crippen molar-refractivity contribution in [2.24, 2.45) is 0 Å². The van der Waals surface area contributed by atoms with Crippen LogP contribution in [-0.2, 0) is 4.79 Å². The summed E-state index contributed by atoms with van der Waals surface area (Å²) in [6.07, 6.45) is 3.36. The topological polar surface area (TPSA) is 77.8 Å². The molecule has 3 rings (SSSR count). The number of fused-ring (bicyclic) bond motifs is 1. The molecule has 1 N–H and O–H groups in total. The van der Waals surface area contributed by atoms with E-state index in [1.807, 2.05) is 0 Å². The molecule has 0 radical (unpaired) electrons. The van der Waals surface area contributed by atoms with Gasteiger partial charge in [0.25, 0.3) is 5.91 Å². The number of ether oxygens (including phenoxy) is 2. The minimum Gasteiger partial charge on any atom is -0.497 e. The number of carbonyl (C=O) groups is 1. The number of hydrogen-bond acceptors (Lipinski definition) is 5. The van der Waals surface area contributed by atoms with Crippen LogP contribution in [0, 0.1) is 0 Å². The number of anilines is 1. The summed E-state index contributed by atoms with van der Waals surface area (Å²) in [5, 5.41) is 10.6. The largest absolute Gasteiger partial charge is 0.497 e. The van der Waals surface area contributed by atoms with E-state index in [2.05, 4.69) is 31.4 Å². The van der Waals surface area contributed by atoms with Gasteiger partial charge in [-0.2, -0.15) is 0 Å². The molecule has 1 amide bonds. The van der Waals surface area contributed by atoms with E-state index in [4.69, 9.17) is 9.47 Å². The fourth-order valence-corrected chi connectivity index (χ4v) is 2.47. The van der Waals surface area contributed by atoms with Crippen LogP contribution in [0.2, 0.25) is 0 Å². The Morgan fingerprint density at radius 3 is 3.00 bits per heavy atom. The van der Waals surface area contributed by atoms with Crippen molar-refractivity contribution in [1.82, 2.24) is 14.6 Å². The number of aromatic nitrogens is 3. The molecule has 0 aliphatic heterocycles. The van der Waals surface area contributed by atoms with Crippen LogP contribution in [0.1, 0.15) is 0 Å². The highest BCUT2D eigenvalue weighted by atomic mass is 79.9. The number of halogens is 1. The van der Waals surface area contributed by atoms with Crippen LogP contribution in [0.4, 0.5) is 5.69 Å². The van der Waals surface area contributed by atoms with Gasteiger partial charge in [-0.3, -0.25) is 9.20 Å². The normalized spacial score (nSPS) is 10.5. The third-order valence-corrected chi connectivity index (χ3v) is 3.48. The van der Waals surface area contributed by atoms with Gasteiger partial charge in [0.2, 0.25) is 0 Å². The van der Waals surface area contributed by atoms with Crippen LogP contribution < -0.4 is 14.8 Å². The molecular formula is C15H13BrN4O3. The maximum atomic E-state index is 12.1. The van der Waals surface area contributed by atoms with Gasteiger partial charge in [0.05, 0.1) is 12.8 Å². The van der Waals surface area contributed by atoms with E-state index in [9.17, 15) is 4.79 Å². The fraction of sp³-hybridized carbons (Fsp3) is 0.133. The van der Waals surface area contributed by atoms with E-state index < -0.39 is 0 Å². The Labute approximate surface area is 140 Å². The quantitative estimate of drug-likeness (QED) is 0.740. The number of amides is 1. The number of benzene rings is 1. The van der Waals surface area contributed by atoms with Crippen molar-refractivity contribution in [2.75, 3.05) is 19.0 Å². The van der Waals surface area contributed by atoms with Crippen LogP contribution in [0.5, 0.6) is 11.5 Å². The molecule has 2 aromatic heterocycles. The van der Waals surface area contributed by atoms with Crippen molar-refractivity contribution >= 4 is 33.2 Å². The number of methoxy groups -OCH3 is 1. The summed E-state index contributed by atoms with van der Waals surface area (Å²) in [5.74, 6) is 0.928. The third-order valence-electron chi connectivity index (χ3n) is 3.04. The monoisotopic (exact) mass is 376 g/mol. The zero-order valence-corrected chi connectivity index (χ0v) is 13.8. The van der Waals surface area contributed by atoms with Gasteiger partial charge in [-0.15, -0.1) is 10.2 Å². The van der Waals surface area contributed by atoms with Gasteiger partial charge in [0.1, 0.15) is 17.8 Å². The van der Waals surface area contributed by atoms with E-state index in [1.165, 1.54) is 0 Å². The maximum absolute atomic E-state index is 12.1. The minimum atomic E-state index is -0.296. The van der Waals surface area contributed by atoms with E-state index >= 15 is 0 Å². The lowest BCUT2D eigenvalue weighted by atomic mass is 10.3. The van der Waals surface area contributed by atoms with Gasteiger partial charge in [-0.05, 0) is 34.1 Å². The molecule has 3 aromatic rings. The Kier molecular flexibility index (Phi) is 4.42. The van der Waals surface area contributed by atoms with Crippen molar-refractivity contribution in [2.45, 2.75) is 0 Å². The molecule has 23 heavy (non-hydrogen) atoms. The Hall–Kier alpha value is -2.61. The Balaban J connectivity index is 1.67. The van der Waals surface area contributed by atoms with E-state index in [1.54, 1.807) is 54.4 Å². The Morgan fingerprint density at radius 2 is 2.17 bits per heavy atom. The van der Waals surface area contributed by atoms with Crippen molar-refractivity contribution in [3.63, 3.8) is 0 Å². The van der Waals surface area contributed by atoms with E-state index in [-0.39, 0.29) is 12.5 Å². The molecule has 118 valence electrons. The van der Waals surface area contributed by atoms with Gasteiger partial charge in [-0.1, -0.05) is 6.07 Å². The van der Waals surface area contributed by atoms with Crippen molar-refractivity contribution < 1.29 is 14.3 Å². The zero-order chi connectivity index (χ0) is 16.2. The Bertz CT molecular complexity index is 850. The molecule has 0 atom stereocenters. The first kappa shape index (κ1) is 15.3. The molecule has 7 nitrogen and oxygen atoms in total. The highest BCUT2D eigenvalue weighted by Gasteiger charge is 2.10. The molecule has 2 heterocycles.